The number of sulfonamides is 1. The lowest BCUT2D eigenvalue weighted by molar-refractivity contribution is -0.142. The third kappa shape index (κ3) is 6.43. The van der Waals surface area contributed by atoms with E-state index >= 15 is 0 Å². The Bertz CT molecular complexity index is 1460. The largest absolute Gasteiger partial charge is 0.467 e. The van der Waals surface area contributed by atoms with Crippen molar-refractivity contribution in [2.75, 3.05) is 7.11 Å². The van der Waals surface area contributed by atoms with Crippen LogP contribution in [-0.2, 0) is 19.6 Å². The Morgan fingerprint density at radius 2 is 1.21 bits per heavy atom. The van der Waals surface area contributed by atoms with Crippen LogP contribution in [0.1, 0.15) is 33.9 Å². The molecule has 0 aromatic heterocycles. The zero-order chi connectivity index (χ0) is 27.1. The number of methoxy groups -OCH3 is 1. The minimum atomic E-state index is -4.01. The van der Waals surface area contributed by atoms with Gasteiger partial charge < -0.3 is 4.74 Å². The highest BCUT2D eigenvalue weighted by atomic mass is 32.2. The summed E-state index contributed by atoms with van der Waals surface area (Å²) in [7, 11) is -2.74. The molecule has 0 saturated carbocycles. The highest BCUT2D eigenvalue weighted by Crippen LogP contribution is 2.26. The maximum atomic E-state index is 13.5. The number of aliphatic imine (C=N–C) groups is 1. The molecule has 0 aliphatic rings. The molecule has 0 unspecified atom stereocenters. The summed E-state index contributed by atoms with van der Waals surface area (Å²) in [6.07, 6.45) is 0. The van der Waals surface area contributed by atoms with Crippen LogP contribution in [0.2, 0.25) is 0 Å². The van der Waals surface area contributed by atoms with Gasteiger partial charge in [0.2, 0.25) is 10.0 Å². The van der Waals surface area contributed by atoms with Crippen LogP contribution in [0.3, 0.4) is 0 Å². The molecule has 4 aromatic rings. The van der Waals surface area contributed by atoms with Crippen LogP contribution in [0.5, 0.6) is 0 Å². The Morgan fingerprint density at radius 3 is 1.68 bits per heavy atom. The summed E-state index contributed by atoms with van der Waals surface area (Å²) in [6.45, 7) is 3.82. The lowest BCUT2D eigenvalue weighted by Gasteiger charge is -2.25. The van der Waals surface area contributed by atoms with E-state index in [1.54, 1.807) is 36.4 Å². The van der Waals surface area contributed by atoms with Crippen molar-refractivity contribution in [3.63, 3.8) is 0 Å². The number of nitrogens with one attached hydrogen (secondary N) is 1. The van der Waals surface area contributed by atoms with Crippen LogP contribution in [0.15, 0.2) is 119 Å². The first-order valence-corrected chi connectivity index (χ1v) is 13.7. The average Bonchev–Trinajstić information content (AvgIpc) is 2.94. The van der Waals surface area contributed by atoms with Crippen molar-refractivity contribution in [1.82, 2.24) is 4.72 Å². The topological polar surface area (TPSA) is 84.8 Å². The van der Waals surface area contributed by atoms with Crippen LogP contribution < -0.4 is 4.72 Å². The van der Waals surface area contributed by atoms with E-state index in [1.165, 1.54) is 7.11 Å². The first-order chi connectivity index (χ1) is 18.3. The Labute approximate surface area is 224 Å². The molecule has 4 rings (SSSR count). The SMILES string of the molecule is COC(=O)[C@@H](N=C(c1ccccc1)c1ccccc1)[C@@H](NS(=O)(=O)c1ccc(C)cc1)c1ccc(C)cc1. The van der Waals surface area contributed by atoms with Crippen LogP contribution in [0, 0.1) is 13.8 Å². The number of esters is 1. The van der Waals surface area contributed by atoms with Gasteiger partial charge in [-0.1, -0.05) is 108 Å². The van der Waals surface area contributed by atoms with Crippen molar-refractivity contribution in [3.8, 4) is 0 Å². The first kappa shape index (κ1) is 27.0. The minimum Gasteiger partial charge on any atom is -0.467 e. The molecule has 2 atom stereocenters. The summed E-state index contributed by atoms with van der Waals surface area (Å²) in [5.41, 5.74) is 4.65. The Hall–Kier alpha value is -4.07. The Kier molecular flexibility index (Phi) is 8.51. The molecule has 194 valence electrons. The van der Waals surface area contributed by atoms with E-state index in [1.807, 2.05) is 86.6 Å². The second-order valence-electron chi connectivity index (χ2n) is 9.00. The number of benzene rings is 4. The summed E-state index contributed by atoms with van der Waals surface area (Å²) in [5, 5.41) is 0. The molecule has 38 heavy (non-hydrogen) atoms. The van der Waals surface area contributed by atoms with Gasteiger partial charge in [0, 0.05) is 11.1 Å². The van der Waals surface area contributed by atoms with Crippen molar-refractivity contribution in [1.29, 1.82) is 0 Å². The standard InChI is InChI=1S/C31H30N2O4S/c1-22-14-18-26(19-15-22)29(33-38(35,36)27-20-16-23(2)17-21-27)30(31(34)37-3)32-28(24-10-6-4-7-11-24)25-12-8-5-9-13-25/h4-21,29-30,33H,1-3H3/t29-,30-/m0/s1. The van der Waals surface area contributed by atoms with Crippen LogP contribution >= 0.6 is 0 Å². The molecule has 1 N–H and O–H groups in total. The van der Waals surface area contributed by atoms with E-state index in [0.717, 1.165) is 22.3 Å². The highest BCUT2D eigenvalue weighted by Gasteiger charge is 2.35. The van der Waals surface area contributed by atoms with Gasteiger partial charge >= 0.3 is 5.97 Å². The molecule has 0 fully saturated rings. The molecule has 0 heterocycles. The van der Waals surface area contributed by atoms with Gasteiger partial charge in [-0.15, -0.1) is 0 Å². The Morgan fingerprint density at radius 1 is 0.737 bits per heavy atom. The van der Waals surface area contributed by atoms with Crippen molar-refractivity contribution in [2.45, 2.75) is 30.8 Å². The van der Waals surface area contributed by atoms with Crippen LogP contribution in [0.4, 0.5) is 0 Å². The van der Waals surface area contributed by atoms with Crippen molar-refractivity contribution in [2.24, 2.45) is 4.99 Å². The molecular formula is C31H30N2O4S. The van der Waals surface area contributed by atoms with E-state index < -0.39 is 28.1 Å². The average molecular weight is 527 g/mol. The molecular weight excluding hydrogens is 496 g/mol. The fourth-order valence-electron chi connectivity index (χ4n) is 4.07. The van der Waals surface area contributed by atoms with Crippen molar-refractivity contribution < 1.29 is 17.9 Å². The second kappa shape index (κ2) is 12.0. The number of hydrogen-bond acceptors (Lipinski definition) is 5. The van der Waals surface area contributed by atoms with Crippen molar-refractivity contribution in [3.05, 3.63) is 137 Å². The van der Waals surface area contributed by atoms with E-state index in [-0.39, 0.29) is 4.90 Å². The maximum Gasteiger partial charge on any atom is 0.332 e. The smallest absolute Gasteiger partial charge is 0.332 e. The van der Waals surface area contributed by atoms with Gasteiger partial charge in [0.15, 0.2) is 6.04 Å². The summed E-state index contributed by atoms with van der Waals surface area (Å²) in [5.74, 6) is -0.661. The molecule has 0 amide bonds. The van der Waals surface area contributed by atoms with Gasteiger partial charge in [0.05, 0.1) is 23.8 Å². The van der Waals surface area contributed by atoms with Gasteiger partial charge in [0.25, 0.3) is 0 Å². The lowest BCUT2D eigenvalue weighted by Crippen LogP contribution is -2.40. The number of nitrogens with zero attached hydrogens (tertiary/aromatic N) is 1. The van der Waals surface area contributed by atoms with Crippen molar-refractivity contribution >= 4 is 21.7 Å². The molecule has 0 saturated heterocycles. The lowest BCUT2D eigenvalue weighted by atomic mass is 9.97. The highest BCUT2D eigenvalue weighted by molar-refractivity contribution is 7.89. The summed E-state index contributed by atoms with van der Waals surface area (Å²) >= 11 is 0. The molecule has 0 bridgehead atoms. The number of carbonyl (C=O) groups is 1. The first-order valence-electron chi connectivity index (χ1n) is 12.2. The van der Waals surface area contributed by atoms with Crippen LogP contribution in [0.25, 0.3) is 0 Å². The molecule has 0 aliphatic heterocycles. The van der Waals surface area contributed by atoms with Gasteiger partial charge in [0.1, 0.15) is 0 Å². The minimum absolute atomic E-state index is 0.0964. The van der Waals surface area contributed by atoms with E-state index in [0.29, 0.717) is 11.3 Å². The molecule has 0 spiro atoms. The second-order valence-corrected chi connectivity index (χ2v) is 10.7. The van der Waals surface area contributed by atoms with E-state index in [2.05, 4.69) is 4.72 Å². The zero-order valence-electron chi connectivity index (χ0n) is 21.5. The van der Waals surface area contributed by atoms with Gasteiger partial charge in [-0.05, 0) is 31.5 Å². The van der Waals surface area contributed by atoms with Gasteiger partial charge in [-0.3, -0.25) is 4.99 Å². The number of ether oxygens (including phenoxy) is 1. The van der Waals surface area contributed by atoms with Crippen LogP contribution in [-0.4, -0.2) is 33.3 Å². The normalized spacial score (nSPS) is 12.8. The third-order valence-electron chi connectivity index (χ3n) is 6.17. The zero-order valence-corrected chi connectivity index (χ0v) is 22.4. The fraction of sp³-hybridized carbons (Fsp3) is 0.161. The predicted molar refractivity (Wildman–Crippen MR) is 150 cm³/mol. The number of carbonyl (C=O) groups excluding carboxylic acids is 1. The number of aryl methyl sites for hydroxylation is 2. The number of hydrogen-bond donors (Lipinski definition) is 1. The Balaban J connectivity index is 1.89. The summed E-state index contributed by atoms with van der Waals surface area (Å²) in [4.78, 5) is 18.3. The summed E-state index contributed by atoms with van der Waals surface area (Å²) in [6, 6.07) is 30.6. The molecule has 6 nitrogen and oxygen atoms in total. The number of rotatable bonds is 9. The monoisotopic (exact) mass is 526 g/mol. The van der Waals surface area contributed by atoms with Gasteiger partial charge in [-0.25, -0.2) is 17.9 Å². The van der Waals surface area contributed by atoms with E-state index in [9.17, 15) is 13.2 Å². The fourth-order valence-corrected chi connectivity index (χ4v) is 5.30. The predicted octanol–water partition coefficient (Wildman–Crippen LogP) is 5.40. The maximum absolute atomic E-state index is 13.5. The molecule has 7 heteroatoms. The molecule has 0 radical (unpaired) electrons. The van der Waals surface area contributed by atoms with Gasteiger partial charge in [-0.2, -0.15) is 0 Å². The van der Waals surface area contributed by atoms with E-state index in [4.69, 9.17) is 9.73 Å². The quantitative estimate of drug-likeness (QED) is 0.234. The summed E-state index contributed by atoms with van der Waals surface area (Å²) < 4.78 is 35.0. The molecule has 4 aromatic carbocycles. The molecule has 0 aliphatic carbocycles. The third-order valence-corrected chi connectivity index (χ3v) is 7.63.